The Kier molecular flexibility index (Phi) is 85.3. The molecule has 0 bridgehead atoms. The maximum absolute atomic E-state index is 8.55. The van der Waals surface area contributed by atoms with Crippen LogP contribution in [0.1, 0.15) is 0 Å². The molecule has 112 valence electrons. The molecule has 0 fully saturated rings. The van der Waals surface area contributed by atoms with Crippen molar-refractivity contribution in [1.82, 2.24) is 0 Å². The maximum Gasteiger partial charge on any atom is 2.00 e. The summed E-state index contributed by atoms with van der Waals surface area (Å²) in [6, 6.07) is 0. The standard InChI is InChI=1S/4Mn.2H3O4P.O3Si.2Zn/c;;;;2*1-5(2,3)4;1-4(2)3;;/h;;;;2*(H3,1,2,3,4);;;/q4*+2;;;-2;;/p-6. The van der Waals surface area contributed by atoms with E-state index in [4.69, 9.17) is 52.5 Å². The Hall–Kier alpha value is 3.16. The van der Waals surface area contributed by atoms with Gasteiger partial charge in [0.2, 0.25) is 0 Å². The minimum Gasteiger partial charge on any atom is -0.822 e. The molecule has 0 aromatic rings. The molecule has 0 unspecified atom stereocenters. The molecule has 20 heavy (non-hydrogen) atoms. The Bertz CT molecular complexity index is 212. The first-order chi connectivity index (χ1) is 5.73. The third-order valence-electron chi connectivity index (χ3n) is 0. The van der Waals surface area contributed by atoms with Gasteiger partial charge in [-0.05, 0) is 0 Å². The molecule has 0 spiro atoms. The Balaban J connectivity index is -0.0000000113. The Labute approximate surface area is 182 Å². The summed E-state index contributed by atoms with van der Waals surface area (Å²) in [5, 5.41) is 0. The fourth-order valence-electron chi connectivity index (χ4n) is 0. The third-order valence-corrected chi connectivity index (χ3v) is 0. The number of phosphoric acid groups is 2. The van der Waals surface area contributed by atoms with Gasteiger partial charge in [0, 0.05) is 48.1 Å². The SMILES string of the molecule is O=P([O-])([O-])[O-].O=P([O-])([O-])[O-].O=[Si]([O-])[O-].[Mn+2].[Mn+2].[Mn+2].[Mn+2].[Zn].[Zn]. The molecule has 20 heteroatoms. The van der Waals surface area contributed by atoms with E-state index in [1.165, 1.54) is 0 Å². The van der Waals surface area contributed by atoms with Gasteiger partial charge in [-0.25, -0.2) is 0 Å². The molecule has 0 saturated heterocycles. The Morgan fingerprint density at radius 3 is 0.600 bits per heavy atom. The van der Waals surface area contributed by atoms with Gasteiger partial charge in [0.15, 0.2) is 0 Å². The van der Waals surface area contributed by atoms with E-state index in [0.29, 0.717) is 0 Å². The van der Waals surface area contributed by atoms with Crippen LogP contribution in [0.3, 0.4) is 0 Å². The summed E-state index contributed by atoms with van der Waals surface area (Å²) in [4.78, 5) is 68.3. The van der Waals surface area contributed by atoms with Crippen LogP contribution in [0.25, 0.3) is 0 Å². The van der Waals surface area contributed by atoms with E-state index < -0.39 is 24.8 Å². The van der Waals surface area contributed by atoms with Crippen molar-refractivity contribution >= 4 is 24.8 Å². The molecule has 0 amide bonds. The van der Waals surface area contributed by atoms with Gasteiger partial charge in [0.25, 0.3) is 0 Å². The Morgan fingerprint density at radius 1 is 0.600 bits per heavy atom. The average molecular weight is 617 g/mol. The van der Waals surface area contributed by atoms with Crippen molar-refractivity contribution in [2.75, 3.05) is 0 Å². The first-order valence-corrected chi connectivity index (χ1v) is 6.22. The van der Waals surface area contributed by atoms with Crippen LogP contribution in [-0.4, -0.2) is 9.17 Å². The van der Waals surface area contributed by atoms with E-state index in [1.807, 2.05) is 0 Å². The summed E-state index contributed by atoms with van der Waals surface area (Å²) >= 11 is 0. The van der Waals surface area contributed by atoms with Gasteiger partial charge in [0.1, 0.15) is 0 Å². The van der Waals surface area contributed by atoms with Crippen molar-refractivity contribution in [1.29, 1.82) is 0 Å². The largest absolute Gasteiger partial charge is 2.00 e. The number of rotatable bonds is 0. The van der Waals surface area contributed by atoms with Crippen LogP contribution >= 0.6 is 15.6 Å². The molecule has 11 nitrogen and oxygen atoms in total. The molecule has 0 aliphatic carbocycles. The minimum absolute atomic E-state index is 0. The van der Waals surface area contributed by atoms with Gasteiger partial charge in [-0.3, -0.25) is 0 Å². The van der Waals surface area contributed by atoms with Crippen LogP contribution in [0.2, 0.25) is 0 Å². The molecular formula is Mn4O11P2SiZn2. The third kappa shape index (κ3) is 861. The van der Waals surface area contributed by atoms with Crippen LogP contribution < -0.4 is 39.0 Å². The van der Waals surface area contributed by atoms with Gasteiger partial charge in [-0.2, -0.15) is 15.6 Å². The molecular weight excluding hydrogens is 617 g/mol. The molecule has 4 radical (unpaired) electrons. The van der Waals surface area contributed by atoms with E-state index in [-0.39, 0.29) is 107 Å². The molecule has 0 rings (SSSR count). The molecule has 0 atom stereocenters. The first kappa shape index (κ1) is 56.7. The quantitative estimate of drug-likeness (QED) is 0.183. The van der Waals surface area contributed by atoms with Crippen LogP contribution in [0.4, 0.5) is 0 Å². The second-order valence-corrected chi connectivity index (χ2v) is 3.43. The summed E-state index contributed by atoms with van der Waals surface area (Å²) in [5.74, 6) is 0. The van der Waals surface area contributed by atoms with Gasteiger partial charge in [0.05, 0.1) is 0 Å². The summed E-state index contributed by atoms with van der Waals surface area (Å²) in [6.07, 6.45) is 0. The summed E-state index contributed by atoms with van der Waals surface area (Å²) in [6.45, 7) is 0. The summed E-state index contributed by atoms with van der Waals surface area (Å²) < 4.78 is 25.6. The molecule has 0 aliphatic rings. The van der Waals surface area contributed by atoms with E-state index >= 15 is 0 Å². The first-order valence-electron chi connectivity index (χ1n) is 2.07. The molecule has 0 aromatic carbocycles. The zero-order valence-electron chi connectivity index (χ0n) is 8.81. The maximum atomic E-state index is 8.55. The predicted octanol–water partition coefficient (Wildman–Crippen LogP) is -8.54. The number of hydrogen-bond acceptors (Lipinski definition) is 11. The molecule has 0 saturated carbocycles. The van der Waals surface area contributed by atoms with Gasteiger partial charge < -0.3 is 52.5 Å². The van der Waals surface area contributed by atoms with Crippen LogP contribution in [0.5, 0.6) is 0 Å². The number of hydrogen-bond donors (Lipinski definition) is 0. The van der Waals surface area contributed by atoms with Gasteiger partial charge >= 0.3 is 68.3 Å². The minimum atomic E-state index is -5.39. The fraction of sp³-hybridized carbons (Fsp3) is 0. The van der Waals surface area contributed by atoms with Crippen LogP contribution in [-0.2, 0) is 121 Å². The Morgan fingerprint density at radius 2 is 0.600 bits per heavy atom. The topological polar surface area (TPSA) is 236 Å². The second kappa shape index (κ2) is 30.1. The van der Waals surface area contributed by atoms with Crippen molar-refractivity contribution in [3.05, 3.63) is 0 Å². The normalized spacial score (nSPS) is 7.10. The smallest absolute Gasteiger partial charge is 0.822 e. The predicted molar refractivity (Wildman–Crippen MR) is 21.7 cm³/mol. The monoisotopic (exact) mass is 613 g/mol. The molecule has 0 aromatic heterocycles. The van der Waals surface area contributed by atoms with E-state index in [0.717, 1.165) is 0 Å². The zero-order valence-corrected chi connectivity index (χ0v) is 22.3. The summed E-state index contributed by atoms with van der Waals surface area (Å²) in [5.41, 5.74) is 0. The molecule has 0 N–H and O–H groups in total. The van der Waals surface area contributed by atoms with Crippen molar-refractivity contribution in [2.24, 2.45) is 0 Å². The van der Waals surface area contributed by atoms with E-state index in [9.17, 15) is 0 Å². The van der Waals surface area contributed by atoms with Crippen LogP contribution in [0, 0.1) is 0 Å². The molecule has 0 aliphatic heterocycles. The van der Waals surface area contributed by atoms with Crippen LogP contribution in [0.15, 0.2) is 0 Å². The van der Waals surface area contributed by atoms with E-state index in [1.54, 1.807) is 0 Å². The fourth-order valence-corrected chi connectivity index (χ4v) is 0. The second-order valence-electron chi connectivity index (χ2n) is 1.14. The van der Waals surface area contributed by atoms with Gasteiger partial charge in [-0.15, -0.1) is 0 Å². The van der Waals surface area contributed by atoms with E-state index in [2.05, 4.69) is 0 Å². The average Bonchev–Trinajstić information content (AvgIpc) is 1.45. The van der Waals surface area contributed by atoms with Crippen molar-refractivity contribution in [3.63, 3.8) is 0 Å². The van der Waals surface area contributed by atoms with Crippen molar-refractivity contribution in [2.45, 2.75) is 0 Å². The zero-order chi connectivity index (χ0) is 12.6. The van der Waals surface area contributed by atoms with Crippen molar-refractivity contribution < 1.29 is 160 Å². The van der Waals surface area contributed by atoms with Gasteiger partial charge in [-0.1, -0.05) is 0 Å². The van der Waals surface area contributed by atoms with Crippen molar-refractivity contribution in [3.8, 4) is 0 Å². The summed E-state index contributed by atoms with van der Waals surface area (Å²) in [7, 11) is -14.4. The molecule has 0 heterocycles.